The first-order chi connectivity index (χ1) is 9.35. The third kappa shape index (κ3) is 5.59. The lowest BCUT2D eigenvalue weighted by atomic mass is 10.2. The predicted molar refractivity (Wildman–Crippen MR) is 77.4 cm³/mol. The van der Waals surface area contributed by atoms with Gasteiger partial charge < -0.3 is 10.1 Å². The Kier molecular flexibility index (Phi) is 5.98. The third-order valence-corrected chi connectivity index (χ3v) is 2.73. The maximum atomic E-state index is 11.8. The second kappa shape index (κ2) is 7.26. The highest BCUT2D eigenvalue weighted by Crippen LogP contribution is 2.14. The zero-order valence-electron chi connectivity index (χ0n) is 13.1. The van der Waals surface area contributed by atoms with Crippen molar-refractivity contribution in [3.05, 3.63) is 11.6 Å². The van der Waals surface area contributed by atoms with Gasteiger partial charge in [-0.1, -0.05) is 20.3 Å². The molecule has 0 saturated heterocycles. The van der Waals surface area contributed by atoms with E-state index in [2.05, 4.69) is 27.4 Å². The van der Waals surface area contributed by atoms with Gasteiger partial charge in [-0.3, -0.25) is 5.10 Å². The van der Waals surface area contributed by atoms with Crippen LogP contribution in [-0.2, 0) is 11.2 Å². The molecule has 1 unspecified atom stereocenters. The fourth-order valence-corrected chi connectivity index (χ4v) is 1.72. The minimum atomic E-state index is -0.506. The second-order valence-corrected chi connectivity index (χ2v) is 5.85. The van der Waals surface area contributed by atoms with Crippen molar-refractivity contribution < 1.29 is 9.53 Å². The van der Waals surface area contributed by atoms with Crippen LogP contribution >= 0.6 is 0 Å². The average Bonchev–Trinajstić information content (AvgIpc) is 2.79. The van der Waals surface area contributed by atoms with E-state index in [1.54, 1.807) is 0 Å². The van der Waals surface area contributed by atoms with Gasteiger partial charge in [0, 0.05) is 6.42 Å². The van der Waals surface area contributed by atoms with Crippen LogP contribution in [0.3, 0.4) is 0 Å². The molecule has 0 fully saturated rings. The number of aromatic nitrogens is 3. The van der Waals surface area contributed by atoms with E-state index in [0.29, 0.717) is 12.2 Å². The Hall–Kier alpha value is -1.59. The van der Waals surface area contributed by atoms with Crippen LogP contribution in [0.15, 0.2) is 0 Å². The predicted octanol–water partition coefficient (Wildman–Crippen LogP) is 3.12. The number of hydrogen-bond acceptors (Lipinski definition) is 4. The van der Waals surface area contributed by atoms with Crippen LogP contribution in [0.2, 0.25) is 0 Å². The summed E-state index contributed by atoms with van der Waals surface area (Å²) in [4.78, 5) is 16.2. The molecule has 0 aliphatic heterocycles. The molecule has 2 N–H and O–H groups in total. The Morgan fingerprint density at radius 3 is 2.65 bits per heavy atom. The van der Waals surface area contributed by atoms with Gasteiger partial charge in [-0.15, -0.1) is 0 Å². The average molecular weight is 282 g/mol. The van der Waals surface area contributed by atoms with Crippen molar-refractivity contribution in [2.75, 3.05) is 0 Å². The highest BCUT2D eigenvalue weighted by atomic mass is 16.6. The Labute approximate surface area is 120 Å². The number of nitrogens with one attached hydrogen (secondary N) is 2. The number of amides is 1. The molecule has 1 rings (SSSR count). The third-order valence-electron chi connectivity index (χ3n) is 2.73. The van der Waals surface area contributed by atoms with Crippen molar-refractivity contribution >= 4 is 6.09 Å². The summed E-state index contributed by atoms with van der Waals surface area (Å²) in [6, 6.07) is -0.225. The standard InChI is InChI=1S/C14H26N4O2/c1-6-8-9-11-16-12(18-17-11)10(7-2)15-13(19)20-14(3,4)5/h10H,6-9H2,1-5H3,(H,15,19)(H,16,17,18). The molecule has 0 aliphatic rings. The van der Waals surface area contributed by atoms with Crippen molar-refractivity contribution in [2.24, 2.45) is 0 Å². The van der Waals surface area contributed by atoms with E-state index in [1.165, 1.54) is 0 Å². The molecule has 0 radical (unpaired) electrons. The van der Waals surface area contributed by atoms with Crippen molar-refractivity contribution in [1.29, 1.82) is 0 Å². The maximum absolute atomic E-state index is 11.8. The summed E-state index contributed by atoms with van der Waals surface area (Å²) in [6.45, 7) is 9.62. The molecule has 0 bridgehead atoms. The Bertz CT molecular complexity index is 423. The summed E-state index contributed by atoms with van der Waals surface area (Å²) in [6.07, 6.45) is 3.34. The largest absolute Gasteiger partial charge is 0.444 e. The van der Waals surface area contributed by atoms with Crippen molar-refractivity contribution in [3.8, 4) is 0 Å². The normalized spacial score (nSPS) is 13.1. The van der Waals surface area contributed by atoms with Crippen LogP contribution < -0.4 is 5.32 Å². The van der Waals surface area contributed by atoms with Gasteiger partial charge in [0.1, 0.15) is 11.4 Å². The Balaban J connectivity index is 2.61. The quantitative estimate of drug-likeness (QED) is 0.840. The highest BCUT2D eigenvalue weighted by molar-refractivity contribution is 5.68. The molecule has 20 heavy (non-hydrogen) atoms. The van der Waals surface area contributed by atoms with Gasteiger partial charge in [0.15, 0.2) is 5.82 Å². The van der Waals surface area contributed by atoms with Crippen LogP contribution in [0.4, 0.5) is 4.79 Å². The van der Waals surface area contributed by atoms with Gasteiger partial charge in [0.05, 0.1) is 6.04 Å². The van der Waals surface area contributed by atoms with Crippen LogP contribution in [0.5, 0.6) is 0 Å². The molecule has 6 heteroatoms. The molecule has 0 aliphatic carbocycles. The van der Waals surface area contributed by atoms with Gasteiger partial charge in [0.2, 0.25) is 0 Å². The number of rotatable bonds is 6. The minimum absolute atomic E-state index is 0.225. The molecule has 1 aromatic rings. The van der Waals surface area contributed by atoms with Gasteiger partial charge >= 0.3 is 6.09 Å². The molecule has 6 nitrogen and oxygen atoms in total. The SMILES string of the molecule is CCCCc1nc(C(CC)NC(=O)OC(C)(C)C)n[nH]1. The molecule has 0 aromatic carbocycles. The number of carbonyl (C=O) groups is 1. The Morgan fingerprint density at radius 1 is 1.40 bits per heavy atom. The molecule has 1 amide bonds. The lowest BCUT2D eigenvalue weighted by molar-refractivity contribution is 0.0500. The van der Waals surface area contributed by atoms with E-state index in [0.717, 1.165) is 25.1 Å². The maximum Gasteiger partial charge on any atom is 0.408 e. The summed E-state index contributed by atoms with van der Waals surface area (Å²) in [5.41, 5.74) is -0.506. The molecular formula is C14H26N4O2. The van der Waals surface area contributed by atoms with E-state index in [9.17, 15) is 4.79 Å². The fourth-order valence-electron chi connectivity index (χ4n) is 1.72. The van der Waals surface area contributed by atoms with Crippen LogP contribution in [0.1, 0.15) is 71.6 Å². The molecule has 0 spiro atoms. The lowest BCUT2D eigenvalue weighted by Gasteiger charge is -2.21. The first kappa shape index (κ1) is 16.5. The topological polar surface area (TPSA) is 79.9 Å². The zero-order chi connectivity index (χ0) is 15.2. The highest BCUT2D eigenvalue weighted by Gasteiger charge is 2.21. The van der Waals surface area contributed by atoms with Crippen LogP contribution in [0, 0.1) is 0 Å². The van der Waals surface area contributed by atoms with Gasteiger partial charge in [0.25, 0.3) is 0 Å². The Morgan fingerprint density at radius 2 is 2.10 bits per heavy atom. The van der Waals surface area contributed by atoms with Crippen molar-refractivity contribution in [2.45, 2.75) is 71.9 Å². The fraction of sp³-hybridized carbons (Fsp3) is 0.786. The molecule has 1 aromatic heterocycles. The van der Waals surface area contributed by atoms with E-state index in [4.69, 9.17) is 4.74 Å². The van der Waals surface area contributed by atoms with Gasteiger partial charge in [-0.2, -0.15) is 5.10 Å². The number of nitrogens with zero attached hydrogens (tertiary/aromatic N) is 2. The number of aryl methyl sites for hydroxylation is 1. The summed E-state index contributed by atoms with van der Waals surface area (Å²) < 4.78 is 5.25. The molecular weight excluding hydrogens is 256 g/mol. The summed E-state index contributed by atoms with van der Waals surface area (Å²) in [7, 11) is 0. The van der Waals surface area contributed by atoms with Gasteiger partial charge in [-0.25, -0.2) is 9.78 Å². The number of hydrogen-bond donors (Lipinski definition) is 2. The number of alkyl carbamates (subject to hydrolysis) is 1. The number of carbonyl (C=O) groups excluding carboxylic acids is 1. The number of unbranched alkanes of at least 4 members (excludes halogenated alkanes) is 1. The van der Waals surface area contributed by atoms with E-state index < -0.39 is 11.7 Å². The summed E-state index contributed by atoms with van der Waals surface area (Å²) in [5.74, 6) is 1.48. The van der Waals surface area contributed by atoms with Crippen LogP contribution in [-0.4, -0.2) is 26.9 Å². The second-order valence-electron chi connectivity index (χ2n) is 5.85. The van der Waals surface area contributed by atoms with Gasteiger partial charge in [-0.05, 0) is 33.6 Å². The number of aromatic amines is 1. The van der Waals surface area contributed by atoms with Crippen LogP contribution in [0.25, 0.3) is 0 Å². The molecule has 1 atom stereocenters. The zero-order valence-corrected chi connectivity index (χ0v) is 13.1. The minimum Gasteiger partial charge on any atom is -0.444 e. The van der Waals surface area contributed by atoms with E-state index in [1.807, 2.05) is 27.7 Å². The molecule has 1 heterocycles. The van der Waals surface area contributed by atoms with Crippen molar-refractivity contribution in [3.63, 3.8) is 0 Å². The number of H-pyrrole nitrogens is 1. The lowest BCUT2D eigenvalue weighted by Crippen LogP contribution is -2.35. The molecule has 0 saturated carbocycles. The smallest absolute Gasteiger partial charge is 0.408 e. The monoisotopic (exact) mass is 282 g/mol. The first-order valence-electron chi connectivity index (χ1n) is 7.26. The molecule has 114 valence electrons. The van der Waals surface area contributed by atoms with E-state index in [-0.39, 0.29) is 6.04 Å². The van der Waals surface area contributed by atoms with E-state index >= 15 is 0 Å². The number of ether oxygens (including phenoxy) is 1. The summed E-state index contributed by atoms with van der Waals surface area (Å²) >= 11 is 0. The first-order valence-corrected chi connectivity index (χ1v) is 7.26. The van der Waals surface area contributed by atoms with Crippen molar-refractivity contribution in [1.82, 2.24) is 20.5 Å². The summed E-state index contributed by atoms with van der Waals surface area (Å²) in [5, 5.41) is 9.91.